The molecule has 3 aromatic rings. The molecule has 2 atom stereocenters. The van der Waals surface area contributed by atoms with Gasteiger partial charge in [0.2, 0.25) is 0 Å². The summed E-state index contributed by atoms with van der Waals surface area (Å²) in [5, 5.41) is 11.6. The molecule has 196 valence electrons. The van der Waals surface area contributed by atoms with Crippen molar-refractivity contribution in [1.29, 1.82) is 0 Å². The maximum atomic E-state index is 12.9. The number of carboxylic acid groups (broad SMARTS) is 1. The normalized spacial score (nSPS) is 18.4. The summed E-state index contributed by atoms with van der Waals surface area (Å²) in [6.45, 7) is 0.0441. The maximum absolute atomic E-state index is 12.9. The molecular weight excluding hydrogens is 513 g/mol. The van der Waals surface area contributed by atoms with Gasteiger partial charge in [0, 0.05) is 43.6 Å². The van der Waals surface area contributed by atoms with Gasteiger partial charge in [-0.05, 0) is 48.0 Å². The zero-order valence-corrected chi connectivity index (χ0v) is 20.3. The molecule has 1 saturated heterocycles. The highest BCUT2D eigenvalue weighted by atomic mass is 32.2. The van der Waals surface area contributed by atoms with Gasteiger partial charge in [0.05, 0.1) is 16.5 Å². The molecule has 0 saturated carbocycles. The lowest BCUT2D eigenvalue weighted by Crippen LogP contribution is -2.49. The molecular formula is C25H22F3N2O6S-. The Bertz CT molecular complexity index is 1450. The van der Waals surface area contributed by atoms with Crippen LogP contribution in [-0.2, 0) is 16.0 Å². The number of halogens is 3. The third kappa shape index (κ3) is 5.96. The van der Waals surface area contributed by atoms with Crippen molar-refractivity contribution in [2.75, 3.05) is 12.8 Å². The number of sulfone groups is 1. The average Bonchev–Trinajstić information content (AvgIpc) is 2.83. The average molecular weight is 536 g/mol. The molecule has 12 heteroatoms. The summed E-state index contributed by atoms with van der Waals surface area (Å²) >= 11 is 0. The molecule has 8 nitrogen and oxygen atoms in total. The summed E-state index contributed by atoms with van der Waals surface area (Å²) < 4.78 is 69.3. The predicted molar refractivity (Wildman–Crippen MR) is 125 cm³/mol. The van der Waals surface area contributed by atoms with Gasteiger partial charge < -0.3 is 19.5 Å². The summed E-state index contributed by atoms with van der Waals surface area (Å²) in [6.07, 6.45) is -3.46. The van der Waals surface area contributed by atoms with Crippen LogP contribution in [0, 0.1) is 0 Å². The summed E-state index contributed by atoms with van der Waals surface area (Å²) in [4.78, 5) is 25.5. The number of piperidine rings is 1. The van der Waals surface area contributed by atoms with E-state index in [1.54, 1.807) is 6.07 Å². The number of alkyl halides is 3. The monoisotopic (exact) mass is 535 g/mol. The molecule has 1 aliphatic rings. The first-order valence-corrected chi connectivity index (χ1v) is 13.1. The molecule has 0 N–H and O–H groups in total. The van der Waals surface area contributed by atoms with Gasteiger partial charge in [-0.25, -0.2) is 8.42 Å². The van der Waals surface area contributed by atoms with Crippen molar-refractivity contribution in [3.8, 4) is 11.4 Å². The Morgan fingerprint density at radius 2 is 1.70 bits per heavy atom. The van der Waals surface area contributed by atoms with Crippen molar-refractivity contribution in [3.63, 3.8) is 0 Å². The highest BCUT2D eigenvalue weighted by Crippen LogP contribution is 2.35. The van der Waals surface area contributed by atoms with Crippen molar-refractivity contribution in [1.82, 2.24) is 9.47 Å². The Balaban J connectivity index is 1.51. The molecule has 1 amide bonds. The fourth-order valence-corrected chi connectivity index (χ4v) is 4.89. The van der Waals surface area contributed by atoms with Gasteiger partial charge in [0.1, 0.15) is 17.9 Å². The lowest BCUT2D eigenvalue weighted by Gasteiger charge is -2.41. The SMILES string of the molecule is CS(=O)(=O)c1ccc(-n2ccc(OC3CCN(C(=O)[O-])C(c4ccc(C(F)(F)F)cc4)C3)cc2=O)cc1. The lowest BCUT2D eigenvalue weighted by molar-refractivity contribution is -0.270. The highest BCUT2D eigenvalue weighted by Gasteiger charge is 2.33. The summed E-state index contributed by atoms with van der Waals surface area (Å²) in [6, 6.07) is 12.1. The van der Waals surface area contributed by atoms with Crippen LogP contribution in [0.3, 0.4) is 0 Å². The van der Waals surface area contributed by atoms with Crippen molar-refractivity contribution in [2.45, 2.75) is 36.1 Å². The van der Waals surface area contributed by atoms with Gasteiger partial charge in [0.25, 0.3) is 5.56 Å². The number of rotatable bonds is 5. The fraction of sp³-hybridized carbons (Fsp3) is 0.280. The van der Waals surface area contributed by atoms with Crippen LogP contribution in [0.5, 0.6) is 5.75 Å². The van der Waals surface area contributed by atoms with Crippen LogP contribution in [0.1, 0.15) is 30.0 Å². The summed E-state index contributed by atoms with van der Waals surface area (Å²) in [7, 11) is -3.38. The van der Waals surface area contributed by atoms with E-state index in [4.69, 9.17) is 4.74 Å². The number of benzene rings is 2. The molecule has 1 aromatic heterocycles. The van der Waals surface area contributed by atoms with Gasteiger partial charge in [0.15, 0.2) is 9.84 Å². The Labute approximate surface area is 210 Å². The van der Waals surface area contributed by atoms with Crippen LogP contribution in [0.2, 0.25) is 0 Å². The second-order valence-electron chi connectivity index (χ2n) is 8.70. The number of pyridine rings is 1. The minimum atomic E-state index is -4.51. The molecule has 1 aliphatic heterocycles. The minimum Gasteiger partial charge on any atom is -0.530 e. The van der Waals surface area contributed by atoms with E-state index in [0.29, 0.717) is 17.7 Å². The number of hydrogen-bond donors (Lipinski definition) is 0. The quantitative estimate of drug-likeness (QED) is 0.497. The Morgan fingerprint density at radius 3 is 2.24 bits per heavy atom. The minimum absolute atomic E-state index is 0.0441. The third-order valence-electron chi connectivity index (χ3n) is 6.15. The molecule has 0 radical (unpaired) electrons. The molecule has 2 heterocycles. The number of likely N-dealkylation sites (tertiary alicyclic amines) is 1. The Kier molecular flexibility index (Phi) is 7.05. The first-order chi connectivity index (χ1) is 17.3. The number of nitrogens with zero attached hydrogens (tertiary/aromatic N) is 2. The smallest absolute Gasteiger partial charge is 0.416 e. The van der Waals surface area contributed by atoms with E-state index in [0.717, 1.165) is 23.3 Å². The van der Waals surface area contributed by atoms with E-state index in [9.17, 15) is 36.3 Å². The predicted octanol–water partition coefficient (Wildman–Crippen LogP) is 3.19. The van der Waals surface area contributed by atoms with Crippen molar-refractivity contribution >= 4 is 15.9 Å². The van der Waals surface area contributed by atoms with Crippen LogP contribution in [-0.4, -0.2) is 42.9 Å². The van der Waals surface area contributed by atoms with Gasteiger partial charge in [-0.3, -0.25) is 9.36 Å². The second-order valence-corrected chi connectivity index (χ2v) is 10.7. The van der Waals surface area contributed by atoms with E-state index in [1.807, 2.05) is 0 Å². The van der Waals surface area contributed by atoms with E-state index in [1.165, 1.54) is 53.2 Å². The van der Waals surface area contributed by atoms with E-state index in [-0.39, 0.29) is 23.6 Å². The van der Waals surface area contributed by atoms with Crippen LogP contribution in [0.15, 0.2) is 76.6 Å². The number of aromatic nitrogens is 1. The van der Waals surface area contributed by atoms with Crippen LogP contribution in [0.25, 0.3) is 5.69 Å². The van der Waals surface area contributed by atoms with E-state index in [2.05, 4.69) is 0 Å². The van der Waals surface area contributed by atoms with Gasteiger partial charge in [-0.1, -0.05) is 12.1 Å². The largest absolute Gasteiger partial charge is 0.530 e. The number of amides is 1. The Hall–Kier alpha value is -3.80. The molecule has 2 aromatic carbocycles. The van der Waals surface area contributed by atoms with Gasteiger partial charge in [-0.15, -0.1) is 0 Å². The number of hydrogen-bond acceptors (Lipinski definition) is 6. The van der Waals surface area contributed by atoms with Gasteiger partial charge >= 0.3 is 6.18 Å². The number of carbonyl (C=O) groups is 1. The first-order valence-electron chi connectivity index (χ1n) is 11.2. The second kappa shape index (κ2) is 9.92. The summed E-state index contributed by atoms with van der Waals surface area (Å²) in [5.74, 6) is 0.243. The van der Waals surface area contributed by atoms with Crippen LogP contribution in [0.4, 0.5) is 18.0 Å². The summed E-state index contributed by atoms with van der Waals surface area (Å²) in [5.41, 5.74) is -0.450. The van der Waals surface area contributed by atoms with Crippen LogP contribution < -0.4 is 15.4 Å². The standard InChI is InChI=1S/C25H23F3N2O6S/c1-37(34,35)21-8-6-18(7-9-21)29-12-10-20(15-23(29)31)36-19-11-13-30(24(32)33)22(14-19)16-2-4-17(5-3-16)25(26,27)28/h2-10,12,15,19,22H,11,13-14H2,1H3,(H,32,33)/p-1. The topological polar surface area (TPSA) is 109 Å². The fourth-order valence-electron chi connectivity index (χ4n) is 4.26. The van der Waals surface area contributed by atoms with E-state index < -0.39 is 45.4 Å². The molecule has 2 unspecified atom stereocenters. The van der Waals surface area contributed by atoms with Gasteiger partial charge in [-0.2, -0.15) is 13.2 Å². The number of carbonyl (C=O) groups excluding carboxylic acids is 1. The third-order valence-corrected chi connectivity index (χ3v) is 7.28. The van der Waals surface area contributed by atoms with Crippen molar-refractivity contribution < 1.29 is 36.2 Å². The maximum Gasteiger partial charge on any atom is 0.416 e. The molecule has 1 fully saturated rings. The number of ether oxygens (including phenoxy) is 1. The van der Waals surface area contributed by atoms with Crippen molar-refractivity contribution in [3.05, 3.63) is 88.3 Å². The van der Waals surface area contributed by atoms with Crippen LogP contribution >= 0.6 is 0 Å². The lowest BCUT2D eigenvalue weighted by atomic mass is 9.93. The zero-order valence-electron chi connectivity index (χ0n) is 19.5. The molecule has 4 rings (SSSR count). The van der Waals surface area contributed by atoms with Crippen molar-refractivity contribution in [2.24, 2.45) is 0 Å². The molecule has 37 heavy (non-hydrogen) atoms. The highest BCUT2D eigenvalue weighted by molar-refractivity contribution is 7.90. The first kappa shape index (κ1) is 26.3. The Morgan fingerprint density at radius 1 is 1.05 bits per heavy atom. The molecule has 0 bridgehead atoms. The molecule has 0 spiro atoms. The van der Waals surface area contributed by atoms with E-state index >= 15 is 0 Å². The zero-order chi connectivity index (χ0) is 27.0. The molecule has 0 aliphatic carbocycles.